The van der Waals surface area contributed by atoms with Crippen LogP contribution in [-0.2, 0) is 9.53 Å². The second kappa shape index (κ2) is 31.0. The number of amides is 1. The SMILES string of the molecule is C#C.CC.CC.CC.CC.C\C=C/C(=C\C(=C\CC)C(F)(F)F)CN=C(CNC(=O)C1CCC(C)(C)CC1)OC. The number of nitrogens with one attached hydrogen (secondary N) is 1. The van der Waals surface area contributed by atoms with Crippen LogP contribution in [0.5, 0.6) is 0 Å². The Morgan fingerprint density at radius 2 is 1.50 bits per heavy atom. The predicted molar refractivity (Wildman–Crippen MR) is 171 cm³/mol. The van der Waals surface area contributed by atoms with Crippen LogP contribution in [0.4, 0.5) is 13.2 Å². The molecule has 0 heterocycles. The van der Waals surface area contributed by atoms with Crippen molar-refractivity contribution in [3.05, 3.63) is 35.5 Å². The largest absolute Gasteiger partial charge is 0.483 e. The molecule has 7 heteroatoms. The number of aliphatic imine (C=N–C) groups is 1. The number of terminal acetylenes is 1. The van der Waals surface area contributed by atoms with Gasteiger partial charge in [-0.25, -0.2) is 4.99 Å². The van der Waals surface area contributed by atoms with Crippen molar-refractivity contribution >= 4 is 11.8 Å². The average molecular weight is 575 g/mol. The maximum Gasteiger partial charge on any atom is 0.416 e. The summed E-state index contributed by atoms with van der Waals surface area (Å²) in [6, 6.07) is 0. The van der Waals surface area contributed by atoms with Gasteiger partial charge >= 0.3 is 6.18 Å². The van der Waals surface area contributed by atoms with Gasteiger partial charge in [0, 0.05) is 5.92 Å². The molecule has 0 bridgehead atoms. The van der Waals surface area contributed by atoms with E-state index in [1.165, 1.54) is 7.11 Å². The molecule has 0 spiro atoms. The Balaban J connectivity index is -0.000000365. The highest BCUT2D eigenvalue weighted by Crippen LogP contribution is 2.37. The van der Waals surface area contributed by atoms with Crippen molar-refractivity contribution in [3.63, 3.8) is 0 Å². The molecule has 0 radical (unpaired) electrons. The summed E-state index contributed by atoms with van der Waals surface area (Å²) < 4.78 is 44.7. The van der Waals surface area contributed by atoms with Gasteiger partial charge in [0.25, 0.3) is 0 Å². The Morgan fingerprint density at radius 1 is 1.02 bits per heavy atom. The fraction of sp³-hybridized carbons (Fsp3) is 0.697. The summed E-state index contributed by atoms with van der Waals surface area (Å²) in [6.45, 7) is 24.0. The number of rotatable bonds is 8. The monoisotopic (exact) mass is 574 g/mol. The standard InChI is InChI=1S/C23H35F3N2O2.4C2H6.C2H2/c1-6-8-17(14-19(9-7-2)23(24,25)26)15-27-20(30-5)16-28-21(29)18-10-12-22(3,4)13-11-18;5*1-2/h6,8-9,14,18H,7,10-13,15-16H2,1-5H3,(H,28,29);4*1-2H3;1-2H/b8-6-,17-14+,19-9-,27-20?;;;;;. The van der Waals surface area contributed by atoms with Gasteiger partial charge in [-0.05, 0) is 56.1 Å². The molecule has 4 nitrogen and oxygen atoms in total. The molecule has 1 N–H and O–H groups in total. The van der Waals surface area contributed by atoms with Crippen LogP contribution in [0.25, 0.3) is 0 Å². The third-order valence-electron chi connectivity index (χ3n) is 5.27. The summed E-state index contributed by atoms with van der Waals surface area (Å²) in [5.41, 5.74) is -0.00171. The number of carbonyl (C=O) groups excluding carboxylic acids is 1. The second-order valence-corrected chi connectivity index (χ2v) is 8.36. The quantitative estimate of drug-likeness (QED) is 0.136. The van der Waals surface area contributed by atoms with Crippen LogP contribution in [0.2, 0.25) is 0 Å². The Kier molecular flexibility index (Phi) is 36.7. The number of methoxy groups -OCH3 is 1. The lowest BCUT2D eigenvalue weighted by Gasteiger charge is -2.33. The van der Waals surface area contributed by atoms with Gasteiger partial charge in [-0.3, -0.25) is 4.79 Å². The number of nitrogens with zero attached hydrogens (tertiary/aromatic N) is 1. The van der Waals surface area contributed by atoms with Crippen molar-refractivity contribution in [2.24, 2.45) is 16.3 Å². The van der Waals surface area contributed by atoms with Gasteiger partial charge in [-0.1, -0.05) is 94.4 Å². The summed E-state index contributed by atoms with van der Waals surface area (Å²) in [4.78, 5) is 16.7. The van der Waals surface area contributed by atoms with E-state index < -0.39 is 11.7 Å². The Labute approximate surface area is 246 Å². The van der Waals surface area contributed by atoms with Gasteiger partial charge in [-0.2, -0.15) is 13.2 Å². The Bertz CT molecular complexity index is 722. The molecule has 0 aliphatic heterocycles. The molecule has 40 heavy (non-hydrogen) atoms. The van der Waals surface area contributed by atoms with Gasteiger partial charge in [0.1, 0.15) is 0 Å². The fourth-order valence-electron chi connectivity index (χ4n) is 3.38. The highest BCUT2D eigenvalue weighted by molar-refractivity contribution is 5.86. The molecular weight excluding hydrogens is 513 g/mol. The minimum Gasteiger partial charge on any atom is -0.483 e. The molecule has 0 saturated heterocycles. The van der Waals surface area contributed by atoms with E-state index in [2.05, 4.69) is 37.0 Å². The Morgan fingerprint density at radius 3 is 1.88 bits per heavy atom. The topological polar surface area (TPSA) is 50.7 Å². The smallest absolute Gasteiger partial charge is 0.416 e. The van der Waals surface area contributed by atoms with Gasteiger partial charge < -0.3 is 10.1 Å². The molecule has 0 aromatic rings. The zero-order valence-electron chi connectivity index (χ0n) is 27.9. The molecule has 1 fully saturated rings. The molecular formula is C33H61F3N2O2. The van der Waals surface area contributed by atoms with Crippen LogP contribution in [0, 0.1) is 24.2 Å². The maximum atomic E-state index is 13.2. The van der Waals surface area contributed by atoms with Crippen LogP contribution >= 0.6 is 0 Å². The van der Waals surface area contributed by atoms with Gasteiger partial charge in [0.15, 0.2) is 0 Å². The number of hydrogen-bond donors (Lipinski definition) is 1. The fourth-order valence-corrected chi connectivity index (χ4v) is 3.38. The zero-order chi connectivity index (χ0) is 32.8. The molecule has 1 amide bonds. The third-order valence-corrected chi connectivity index (χ3v) is 5.27. The minimum atomic E-state index is -4.42. The lowest BCUT2D eigenvalue weighted by molar-refractivity contribution is -0.126. The molecule has 0 aromatic heterocycles. The highest BCUT2D eigenvalue weighted by Gasteiger charge is 2.32. The van der Waals surface area contributed by atoms with Crippen molar-refractivity contribution in [2.75, 3.05) is 20.2 Å². The summed E-state index contributed by atoms with van der Waals surface area (Å²) >= 11 is 0. The predicted octanol–water partition coefficient (Wildman–Crippen LogP) is 10.1. The average Bonchev–Trinajstić information content (AvgIpc) is 2.97. The van der Waals surface area contributed by atoms with Crippen LogP contribution in [0.3, 0.4) is 0 Å². The molecule has 1 aliphatic rings. The second-order valence-electron chi connectivity index (χ2n) is 8.36. The molecule has 0 aromatic carbocycles. The molecule has 1 aliphatic carbocycles. The first kappa shape index (κ1) is 47.3. The van der Waals surface area contributed by atoms with Crippen molar-refractivity contribution in [1.29, 1.82) is 0 Å². The van der Waals surface area contributed by atoms with E-state index >= 15 is 0 Å². The molecule has 0 atom stereocenters. The van der Waals surface area contributed by atoms with Crippen molar-refractivity contribution < 1.29 is 22.7 Å². The van der Waals surface area contributed by atoms with E-state index in [0.717, 1.165) is 37.8 Å². The van der Waals surface area contributed by atoms with Crippen LogP contribution in [0.15, 0.2) is 40.4 Å². The Hall–Kier alpha value is -2.49. The van der Waals surface area contributed by atoms with E-state index in [9.17, 15) is 18.0 Å². The number of allylic oxidation sites excluding steroid dienone is 4. The van der Waals surface area contributed by atoms with E-state index in [1.54, 1.807) is 26.0 Å². The van der Waals surface area contributed by atoms with Crippen molar-refractivity contribution in [2.45, 2.75) is 121 Å². The number of ether oxygens (including phenoxy) is 1. The maximum absolute atomic E-state index is 13.2. The van der Waals surface area contributed by atoms with Crippen molar-refractivity contribution in [3.8, 4) is 12.8 Å². The molecule has 1 saturated carbocycles. The van der Waals surface area contributed by atoms with Crippen LogP contribution in [-0.4, -0.2) is 38.2 Å². The van der Waals surface area contributed by atoms with Crippen molar-refractivity contribution in [1.82, 2.24) is 5.32 Å². The zero-order valence-corrected chi connectivity index (χ0v) is 27.9. The van der Waals surface area contributed by atoms with Gasteiger partial charge in [-0.15, -0.1) is 12.8 Å². The summed E-state index contributed by atoms with van der Waals surface area (Å²) in [5, 5.41) is 2.85. The van der Waals surface area contributed by atoms with Crippen LogP contribution in [0.1, 0.15) is 115 Å². The lowest BCUT2D eigenvalue weighted by atomic mass is 9.73. The molecule has 236 valence electrons. The normalized spacial score (nSPS) is 15.1. The van der Waals surface area contributed by atoms with Crippen LogP contribution < -0.4 is 5.32 Å². The van der Waals surface area contributed by atoms with E-state index in [1.807, 2.05) is 55.4 Å². The molecule has 1 rings (SSSR count). The number of hydrogen-bond acceptors (Lipinski definition) is 3. The number of carbonyl (C=O) groups is 1. The molecule has 0 unspecified atom stereocenters. The number of halogens is 3. The first-order chi connectivity index (χ1) is 19.0. The highest BCUT2D eigenvalue weighted by atomic mass is 19.4. The first-order valence-electron chi connectivity index (χ1n) is 14.8. The van der Waals surface area contributed by atoms with E-state index in [4.69, 9.17) is 4.74 Å². The summed E-state index contributed by atoms with van der Waals surface area (Å²) in [6.07, 6.45) is 13.1. The minimum absolute atomic E-state index is 0.0110. The lowest BCUT2D eigenvalue weighted by Crippen LogP contribution is -2.37. The first-order valence-corrected chi connectivity index (χ1v) is 14.8. The third kappa shape index (κ3) is 24.5. The summed E-state index contributed by atoms with van der Waals surface area (Å²) in [5.74, 6) is 0.246. The van der Waals surface area contributed by atoms with Gasteiger partial charge in [0.2, 0.25) is 11.8 Å². The van der Waals surface area contributed by atoms with E-state index in [-0.39, 0.29) is 42.6 Å². The van der Waals surface area contributed by atoms with Gasteiger partial charge in [0.05, 0.1) is 25.8 Å². The van der Waals surface area contributed by atoms with E-state index in [0.29, 0.717) is 5.57 Å². The summed E-state index contributed by atoms with van der Waals surface area (Å²) in [7, 11) is 1.44. The number of alkyl halides is 3.